The van der Waals surface area contributed by atoms with Crippen molar-refractivity contribution < 1.29 is 4.74 Å². The maximum absolute atomic E-state index is 5.83. The highest BCUT2D eigenvalue weighted by molar-refractivity contribution is 14.0. The third-order valence-electron chi connectivity index (χ3n) is 2.91. The number of hydrogen-bond acceptors (Lipinski definition) is 3. The monoisotopic (exact) mass is 412 g/mol. The molecule has 0 aliphatic carbocycles. The molecular formula is C16H21IN4O. The van der Waals surface area contributed by atoms with Crippen LogP contribution in [0.3, 0.4) is 0 Å². The fourth-order valence-corrected chi connectivity index (χ4v) is 1.77. The molecule has 118 valence electrons. The molecule has 0 radical (unpaired) electrons. The molecule has 1 heterocycles. The topological polar surface area (TPSA) is 72.5 Å². The molecule has 1 aromatic heterocycles. The Labute approximate surface area is 148 Å². The molecule has 0 saturated carbocycles. The van der Waals surface area contributed by atoms with Gasteiger partial charge < -0.3 is 15.8 Å². The lowest BCUT2D eigenvalue weighted by atomic mass is 10.1. The van der Waals surface area contributed by atoms with Crippen molar-refractivity contribution in [2.45, 2.75) is 13.3 Å². The Kier molecular flexibility index (Phi) is 8.27. The summed E-state index contributed by atoms with van der Waals surface area (Å²) in [5.74, 6) is 1.11. The van der Waals surface area contributed by atoms with Crippen LogP contribution in [0, 0.1) is 0 Å². The van der Waals surface area contributed by atoms with Gasteiger partial charge in [0, 0.05) is 11.9 Å². The smallest absolute Gasteiger partial charge is 0.193 e. The quantitative estimate of drug-likeness (QED) is 0.331. The number of nitrogens with one attached hydrogen (secondary N) is 1. The average molecular weight is 412 g/mol. The van der Waals surface area contributed by atoms with Gasteiger partial charge in [0.1, 0.15) is 12.4 Å². The molecule has 2 aromatic rings. The van der Waals surface area contributed by atoms with Crippen molar-refractivity contribution in [1.29, 1.82) is 0 Å². The highest BCUT2D eigenvalue weighted by Crippen LogP contribution is 2.09. The Hall–Kier alpha value is -1.83. The molecule has 6 heteroatoms. The fraction of sp³-hybridized carbons (Fsp3) is 0.250. The minimum atomic E-state index is 0. The average Bonchev–Trinajstić information content (AvgIpc) is 2.53. The normalized spacial score (nSPS) is 10.7. The van der Waals surface area contributed by atoms with Crippen molar-refractivity contribution in [3.8, 4) is 5.75 Å². The summed E-state index contributed by atoms with van der Waals surface area (Å²) in [5.41, 5.74) is 8.05. The largest absolute Gasteiger partial charge is 0.490 e. The third-order valence-corrected chi connectivity index (χ3v) is 2.91. The summed E-state index contributed by atoms with van der Waals surface area (Å²) in [5, 5.41) is 3.05. The number of anilines is 1. The van der Waals surface area contributed by atoms with Gasteiger partial charge in [-0.25, -0.2) is 4.99 Å². The minimum absolute atomic E-state index is 0. The van der Waals surface area contributed by atoms with E-state index in [4.69, 9.17) is 10.5 Å². The maximum atomic E-state index is 5.83. The van der Waals surface area contributed by atoms with E-state index in [-0.39, 0.29) is 24.0 Å². The fourth-order valence-electron chi connectivity index (χ4n) is 1.77. The van der Waals surface area contributed by atoms with Gasteiger partial charge in [0.2, 0.25) is 0 Å². The molecule has 3 N–H and O–H groups in total. The first kappa shape index (κ1) is 18.2. The molecule has 0 fully saturated rings. The molecule has 1 aromatic carbocycles. The Balaban J connectivity index is 0.00000242. The SMILES string of the molecule is CCc1ccc(NC(N)=NCCOc2cccnc2)cc1.I. The number of ether oxygens (including phenoxy) is 1. The Morgan fingerprint density at radius 1 is 1.27 bits per heavy atom. The van der Waals surface area contributed by atoms with Gasteiger partial charge in [-0.15, -0.1) is 24.0 Å². The lowest BCUT2D eigenvalue weighted by molar-refractivity contribution is 0.327. The predicted octanol–water partition coefficient (Wildman–Crippen LogP) is 3.07. The van der Waals surface area contributed by atoms with E-state index in [0.717, 1.165) is 17.9 Å². The zero-order chi connectivity index (χ0) is 14.9. The van der Waals surface area contributed by atoms with Gasteiger partial charge in [0.25, 0.3) is 0 Å². The number of hydrogen-bond donors (Lipinski definition) is 2. The Morgan fingerprint density at radius 3 is 2.68 bits per heavy atom. The summed E-state index contributed by atoms with van der Waals surface area (Å²) in [6.07, 6.45) is 4.40. The summed E-state index contributed by atoms with van der Waals surface area (Å²) in [6.45, 7) is 3.07. The van der Waals surface area contributed by atoms with Crippen molar-refractivity contribution in [2.24, 2.45) is 10.7 Å². The minimum Gasteiger partial charge on any atom is -0.490 e. The first-order valence-electron chi connectivity index (χ1n) is 6.96. The molecule has 22 heavy (non-hydrogen) atoms. The van der Waals surface area contributed by atoms with Crippen molar-refractivity contribution >= 4 is 35.6 Å². The molecule has 2 rings (SSSR count). The van der Waals surface area contributed by atoms with Crippen molar-refractivity contribution in [2.75, 3.05) is 18.5 Å². The van der Waals surface area contributed by atoms with Crippen LogP contribution in [0.2, 0.25) is 0 Å². The zero-order valence-electron chi connectivity index (χ0n) is 12.5. The molecule has 0 saturated heterocycles. The van der Waals surface area contributed by atoms with Crippen LogP contribution in [0.15, 0.2) is 53.8 Å². The van der Waals surface area contributed by atoms with Gasteiger partial charge in [-0.3, -0.25) is 4.98 Å². The lowest BCUT2D eigenvalue weighted by Gasteiger charge is -2.07. The van der Waals surface area contributed by atoms with E-state index in [1.807, 2.05) is 24.3 Å². The Bertz CT molecular complexity index is 572. The lowest BCUT2D eigenvalue weighted by Crippen LogP contribution is -2.23. The predicted molar refractivity (Wildman–Crippen MR) is 101 cm³/mol. The van der Waals surface area contributed by atoms with E-state index >= 15 is 0 Å². The van der Waals surface area contributed by atoms with Gasteiger partial charge in [-0.1, -0.05) is 19.1 Å². The summed E-state index contributed by atoms with van der Waals surface area (Å²) in [6, 6.07) is 11.8. The summed E-state index contributed by atoms with van der Waals surface area (Å²) in [7, 11) is 0. The van der Waals surface area contributed by atoms with E-state index in [1.54, 1.807) is 12.4 Å². The highest BCUT2D eigenvalue weighted by atomic mass is 127. The van der Waals surface area contributed by atoms with Crippen LogP contribution in [0.25, 0.3) is 0 Å². The van der Waals surface area contributed by atoms with E-state index < -0.39 is 0 Å². The van der Waals surface area contributed by atoms with E-state index in [0.29, 0.717) is 19.1 Å². The first-order chi connectivity index (χ1) is 10.3. The molecule has 0 bridgehead atoms. The van der Waals surface area contributed by atoms with Crippen LogP contribution in [-0.2, 0) is 6.42 Å². The number of aliphatic imine (C=N–C) groups is 1. The standard InChI is InChI=1S/C16H20N4O.HI/c1-2-13-5-7-14(8-6-13)20-16(17)19-10-11-21-15-4-3-9-18-12-15;/h3-9,12H,2,10-11H2,1H3,(H3,17,19,20);1H. The summed E-state index contributed by atoms with van der Waals surface area (Å²) in [4.78, 5) is 8.19. The summed E-state index contributed by atoms with van der Waals surface area (Å²) >= 11 is 0. The van der Waals surface area contributed by atoms with Gasteiger partial charge in [-0.2, -0.15) is 0 Å². The van der Waals surface area contributed by atoms with Crippen molar-refractivity contribution in [1.82, 2.24) is 4.98 Å². The number of guanidine groups is 1. The summed E-state index contributed by atoms with van der Waals surface area (Å²) < 4.78 is 5.48. The van der Waals surface area contributed by atoms with E-state index in [2.05, 4.69) is 34.3 Å². The van der Waals surface area contributed by atoms with Gasteiger partial charge in [0.05, 0.1) is 12.7 Å². The number of benzene rings is 1. The van der Waals surface area contributed by atoms with Crippen LogP contribution < -0.4 is 15.8 Å². The second-order valence-corrected chi connectivity index (χ2v) is 4.48. The van der Waals surface area contributed by atoms with E-state index in [1.165, 1.54) is 5.56 Å². The number of halogens is 1. The number of nitrogens with two attached hydrogens (primary N) is 1. The number of aromatic nitrogens is 1. The van der Waals surface area contributed by atoms with Crippen molar-refractivity contribution in [3.05, 3.63) is 54.4 Å². The Morgan fingerprint density at radius 2 is 2.05 bits per heavy atom. The number of rotatable bonds is 6. The van der Waals surface area contributed by atoms with Crippen molar-refractivity contribution in [3.63, 3.8) is 0 Å². The second kappa shape index (κ2) is 9.99. The maximum Gasteiger partial charge on any atom is 0.193 e. The van der Waals surface area contributed by atoms with Gasteiger partial charge in [0.15, 0.2) is 5.96 Å². The van der Waals surface area contributed by atoms with Crippen LogP contribution in [-0.4, -0.2) is 24.1 Å². The number of pyridine rings is 1. The molecule has 0 unspecified atom stereocenters. The number of nitrogens with zero attached hydrogens (tertiary/aromatic N) is 2. The molecule has 0 amide bonds. The zero-order valence-corrected chi connectivity index (χ0v) is 14.9. The van der Waals surface area contributed by atoms with Crippen LogP contribution >= 0.6 is 24.0 Å². The highest BCUT2D eigenvalue weighted by Gasteiger charge is 1.96. The van der Waals surface area contributed by atoms with Gasteiger partial charge >= 0.3 is 0 Å². The van der Waals surface area contributed by atoms with Crippen LogP contribution in [0.4, 0.5) is 5.69 Å². The van der Waals surface area contributed by atoms with E-state index in [9.17, 15) is 0 Å². The van der Waals surface area contributed by atoms with Crippen LogP contribution in [0.1, 0.15) is 12.5 Å². The molecular weight excluding hydrogens is 391 g/mol. The number of aryl methyl sites for hydroxylation is 1. The third kappa shape index (κ3) is 6.30. The van der Waals surface area contributed by atoms with Crippen LogP contribution in [0.5, 0.6) is 5.75 Å². The molecule has 5 nitrogen and oxygen atoms in total. The second-order valence-electron chi connectivity index (χ2n) is 4.48. The molecule has 0 aliphatic rings. The molecule has 0 spiro atoms. The van der Waals surface area contributed by atoms with Gasteiger partial charge in [-0.05, 0) is 36.2 Å². The first-order valence-corrected chi connectivity index (χ1v) is 6.96. The molecule has 0 atom stereocenters. The molecule has 0 aliphatic heterocycles.